The molecule has 1 aromatic heterocycles. The van der Waals surface area contributed by atoms with E-state index < -0.39 is 12.0 Å². The molecular weight excluding hydrogens is 281 g/mol. The Balaban J connectivity index is 3.26. The van der Waals surface area contributed by atoms with E-state index in [1.807, 2.05) is 32.6 Å². The number of hydrogen-bond donors (Lipinski definition) is 1. The number of nitrogens with zero attached hydrogens (tertiary/aromatic N) is 3. The molecule has 1 rings (SSSR count). The minimum Gasteiger partial charge on any atom is -0.384 e. The number of halogens is 3. The summed E-state index contributed by atoms with van der Waals surface area (Å²) >= 11 is 0. The second-order valence-electron chi connectivity index (χ2n) is 5.49. The molecule has 4 nitrogen and oxygen atoms in total. The van der Waals surface area contributed by atoms with Crippen LogP contribution in [-0.4, -0.2) is 22.6 Å². The molecule has 0 aliphatic carbocycles. The maximum Gasteiger partial charge on any atom is 0.451 e. The summed E-state index contributed by atoms with van der Waals surface area (Å²) < 4.78 is 38.5. The van der Waals surface area contributed by atoms with Gasteiger partial charge in [0.05, 0.1) is 0 Å². The van der Waals surface area contributed by atoms with E-state index >= 15 is 0 Å². The van der Waals surface area contributed by atoms with Crippen LogP contribution in [0.3, 0.4) is 0 Å². The second kappa shape index (κ2) is 6.95. The normalized spacial score (nSPS) is 12.2. The zero-order chi connectivity index (χ0) is 16.2. The fraction of sp³-hybridized carbons (Fsp3) is 0.714. The Kier molecular flexibility index (Phi) is 5.80. The van der Waals surface area contributed by atoms with Gasteiger partial charge in [-0.05, 0) is 18.8 Å². The molecule has 0 fully saturated rings. The van der Waals surface area contributed by atoms with Crippen LogP contribution in [0.4, 0.5) is 24.8 Å². The minimum atomic E-state index is -4.60. The third-order valence-electron chi connectivity index (χ3n) is 3.23. The van der Waals surface area contributed by atoms with Crippen molar-refractivity contribution >= 4 is 11.6 Å². The van der Waals surface area contributed by atoms with Crippen molar-refractivity contribution in [1.29, 1.82) is 0 Å². The molecule has 0 spiro atoms. The van der Waals surface area contributed by atoms with Crippen molar-refractivity contribution in [3.63, 3.8) is 0 Å². The number of hydrogen-bond acceptors (Lipinski definition) is 4. The topological polar surface area (TPSA) is 55.0 Å². The highest BCUT2D eigenvalue weighted by atomic mass is 19.4. The first-order valence-corrected chi connectivity index (χ1v) is 7.17. The average Bonchev–Trinajstić information content (AvgIpc) is 2.36. The summed E-state index contributed by atoms with van der Waals surface area (Å²) in [5.74, 6) is -0.794. The molecule has 7 heteroatoms. The molecular formula is C14H23F3N4. The molecule has 0 saturated heterocycles. The fourth-order valence-electron chi connectivity index (χ4n) is 2.28. The van der Waals surface area contributed by atoms with Crippen LogP contribution in [0, 0.1) is 5.92 Å². The smallest absolute Gasteiger partial charge is 0.384 e. The Morgan fingerprint density at radius 3 is 2.19 bits per heavy atom. The number of anilines is 2. The first kappa shape index (κ1) is 17.5. The van der Waals surface area contributed by atoms with Crippen molar-refractivity contribution in [2.75, 3.05) is 17.2 Å². The molecule has 2 N–H and O–H groups in total. The van der Waals surface area contributed by atoms with E-state index in [4.69, 9.17) is 5.73 Å². The maximum atomic E-state index is 12.8. The van der Waals surface area contributed by atoms with Crippen molar-refractivity contribution in [2.45, 2.75) is 52.8 Å². The van der Waals surface area contributed by atoms with E-state index in [1.165, 1.54) is 6.07 Å². The summed E-state index contributed by atoms with van der Waals surface area (Å²) in [6.45, 7) is 8.68. The lowest BCUT2D eigenvalue weighted by Gasteiger charge is -2.33. The monoisotopic (exact) mass is 304 g/mol. The number of alkyl halides is 3. The third kappa shape index (κ3) is 4.75. The number of aromatic nitrogens is 2. The van der Waals surface area contributed by atoms with E-state index in [2.05, 4.69) is 9.97 Å². The van der Waals surface area contributed by atoms with Crippen molar-refractivity contribution in [2.24, 2.45) is 5.92 Å². The highest BCUT2D eigenvalue weighted by Gasteiger charge is 2.36. The molecule has 0 saturated carbocycles. The lowest BCUT2D eigenvalue weighted by Crippen LogP contribution is -2.38. The van der Waals surface area contributed by atoms with Crippen molar-refractivity contribution in [3.05, 3.63) is 11.9 Å². The van der Waals surface area contributed by atoms with Gasteiger partial charge in [-0.15, -0.1) is 0 Å². The van der Waals surface area contributed by atoms with Gasteiger partial charge in [0.25, 0.3) is 0 Å². The van der Waals surface area contributed by atoms with Crippen LogP contribution in [-0.2, 0) is 6.18 Å². The summed E-state index contributed by atoms with van der Waals surface area (Å²) in [4.78, 5) is 8.88. The molecule has 120 valence electrons. The summed E-state index contributed by atoms with van der Waals surface area (Å²) in [6, 6.07) is 1.54. The lowest BCUT2D eigenvalue weighted by atomic mass is 10.1. The van der Waals surface area contributed by atoms with Gasteiger partial charge in [-0.25, -0.2) is 9.97 Å². The van der Waals surface area contributed by atoms with Gasteiger partial charge in [0.15, 0.2) is 0 Å². The highest BCUT2D eigenvalue weighted by Crippen LogP contribution is 2.30. The summed E-state index contributed by atoms with van der Waals surface area (Å²) in [7, 11) is 0. The summed E-state index contributed by atoms with van der Waals surface area (Å²) in [6.07, 6.45) is -2.94. The predicted molar refractivity (Wildman–Crippen MR) is 78.0 cm³/mol. The Morgan fingerprint density at radius 2 is 1.76 bits per heavy atom. The van der Waals surface area contributed by atoms with Crippen molar-refractivity contribution < 1.29 is 13.2 Å². The molecule has 0 aliphatic heterocycles. The van der Waals surface area contributed by atoms with Crippen LogP contribution < -0.4 is 10.6 Å². The quantitative estimate of drug-likeness (QED) is 0.870. The maximum absolute atomic E-state index is 12.8. The predicted octanol–water partition coefficient (Wildman–Crippen LogP) is 3.73. The van der Waals surface area contributed by atoms with E-state index in [9.17, 15) is 13.2 Å². The average molecular weight is 304 g/mol. The molecule has 0 atom stereocenters. The lowest BCUT2D eigenvalue weighted by molar-refractivity contribution is -0.144. The van der Waals surface area contributed by atoms with Crippen LogP contribution in [0.2, 0.25) is 0 Å². The third-order valence-corrected chi connectivity index (χ3v) is 3.23. The van der Waals surface area contributed by atoms with Crippen LogP contribution in [0.25, 0.3) is 0 Å². The SMILES string of the molecule is CCC(CC)N(CC(C)C)c1cc(N)nc(C(F)(F)F)n1. The first-order valence-electron chi connectivity index (χ1n) is 7.17. The molecule has 1 heterocycles. The molecule has 1 aromatic rings. The van der Waals surface area contributed by atoms with Gasteiger partial charge >= 0.3 is 6.18 Å². The Bertz CT molecular complexity index is 456. The van der Waals surface area contributed by atoms with Gasteiger partial charge in [-0.1, -0.05) is 27.7 Å². The highest BCUT2D eigenvalue weighted by molar-refractivity contribution is 5.48. The van der Waals surface area contributed by atoms with Crippen LogP contribution in [0.1, 0.15) is 46.4 Å². The number of nitrogens with two attached hydrogens (primary N) is 1. The van der Waals surface area contributed by atoms with E-state index in [1.54, 1.807) is 0 Å². The first-order chi connectivity index (χ1) is 9.68. The standard InChI is InChI=1S/C14H23F3N4/c1-5-10(6-2)21(8-9(3)4)12-7-11(18)19-13(20-12)14(15,16)17/h7,9-10H,5-6,8H2,1-4H3,(H2,18,19,20). The zero-order valence-corrected chi connectivity index (χ0v) is 12.9. The number of nitrogen functional groups attached to an aromatic ring is 1. The van der Waals surface area contributed by atoms with E-state index in [0.29, 0.717) is 12.5 Å². The van der Waals surface area contributed by atoms with E-state index in [0.717, 1.165) is 12.8 Å². The largest absolute Gasteiger partial charge is 0.451 e. The molecule has 0 aromatic carbocycles. The fourth-order valence-corrected chi connectivity index (χ4v) is 2.28. The molecule has 0 radical (unpaired) electrons. The zero-order valence-electron chi connectivity index (χ0n) is 12.9. The van der Waals surface area contributed by atoms with Gasteiger partial charge in [-0.2, -0.15) is 13.2 Å². The van der Waals surface area contributed by atoms with E-state index in [-0.39, 0.29) is 17.7 Å². The van der Waals surface area contributed by atoms with Crippen LogP contribution in [0.15, 0.2) is 6.07 Å². The summed E-state index contributed by atoms with van der Waals surface area (Å²) in [5, 5.41) is 0. The van der Waals surface area contributed by atoms with Gasteiger partial charge in [0.2, 0.25) is 5.82 Å². The molecule has 0 unspecified atom stereocenters. The van der Waals surface area contributed by atoms with Gasteiger partial charge < -0.3 is 10.6 Å². The summed E-state index contributed by atoms with van der Waals surface area (Å²) in [5.41, 5.74) is 5.53. The second-order valence-corrected chi connectivity index (χ2v) is 5.49. The van der Waals surface area contributed by atoms with Gasteiger partial charge in [0.1, 0.15) is 11.6 Å². The molecule has 21 heavy (non-hydrogen) atoms. The van der Waals surface area contributed by atoms with Crippen LogP contribution in [0.5, 0.6) is 0 Å². The van der Waals surface area contributed by atoms with Crippen molar-refractivity contribution in [1.82, 2.24) is 9.97 Å². The van der Waals surface area contributed by atoms with Crippen molar-refractivity contribution in [3.8, 4) is 0 Å². The van der Waals surface area contributed by atoms with Gasteiger partial charge in [0, 0.05) is 18.7 Å². The molecule has 0 amide bonds. The molecule has 0 bridgehead atoms. The van der Waals surface area contributed by atoms with Gasteiger partial charge in [-0.3, -0.25) is 0 Å². The number of rotatable bonds is 6. The minimum absolute atomic E-state index is 0.128. The molecule has 0 aliphatic rings. The Hall–Kier alpha value is -1.53. The van der Waals surface area contributed by atoms with Crippen LogP contribution >= 0.6 is 0 Å². The Labute approximate surface area is 123 Å². The Morgan fingerprint density at radius 1 is 1.19 bits per heavy atom.